The monoisotopic (exact) mass is 248 g/mol. The van der Waals surface area contributed by atoms with Crippen LogP contribution in [0.1, 0.15) is 42.4 Å². The molecule has 2 heteroatoms. The summed E-state index contributed by atoms with van der Waals surface area (Å²) in [6, 6.07) is 6.34. The van der Waals surface area contributed by atoms with E-state index in [1.807, 2.05) is 0 Å². The third-order valence-electron chi connectivity index (χ3n) is 4.27. The van der Waals surface area contributed by atoms with Crippen molar-refractivity contribution < 1.29 is 5.11 Å². The summed E-state index contributed by atoms with van der Waals surface area (Å²) >= 11 is 2.10. The fourth-order valence-corrected chi connectivity index (χ4v) is 5.50. The molecule has 92 valence electrons. The lowest BCUT2D eigenvalue weighted by Crippen LogP contribution is -2.36. The van der Waals surface area contributed by atoms with Crippen LogP contribution in [0, 0.1) is 13.8 Å². The van der Waals surface area contributed by atoms with Gasteiger partial charge < -0.3 is 5.11 Å². The van der Waals surface area contributed by atoms with Gasteiger partial charge in [-0.1, -0.05) is 18.2 Å². The van der Waals surface area contributed by atoms with Gasteiger partial charge >= 0.3 is 0 Å². The van der Waals surface area contributed by atoms with Gasteiger partial charge in [-0.2, -0.15) is 11.8 Å². The fraction of sp³-hybridized carbons (Fsp3) is 0.600. The molecule has 0 aromatic heterocycles. The molecule has 1 aromatic rings. The summed E-state index contributed by atoms with van der Waals surface area (Å²) in [4.78, 5) is 0. The van der Waals surface area contributed by atoms with E-state index in [9.17, 15) is 5.11 Å². The van der Waals surface area contributed by atoms with Gasteiger partial charge in [-0.25, -0.2) is 0 Å². The number of aryl methyl sites for hydroxylation is 2. The Morgan fingerprint density at radius 3 is 2.18 bits per heavy atom. The number of hydrogen-bond donors (Lipinski definition) is 1. The summed E-state index contributed by atoms with van der Waals surface area (Å²) in [6.45, 7) is 4.26. The second-order valence-corrected chi connectivity index (χ2v) is 7.27. The predicted molar refractivity (Wildman–Crippen MR) is 73.4 cm³/mol. The number of aliphatic hydroxyl groups is 1. The third kappa shape index (κ3) is 1.92. The maximum atomic E-state index is 11.1. The lowest BCUT2D eigenvalue weighted by Gasteiger charge is -2.38. The first kappa shape index (κ1) is 11.6. The van der Waals surface area contributed by atoms with Crippen LogP contribution in [0.4, 0.5) is 0 Å². The van der Waals surface area contributed by atoms with Crippen molar-refractivity contribution in [1.82, 2.24) is 0 Å². The molecule has 1 N–H and O–H groups in total. The molecule has 2 unspecified atom stereocenters. The highest BCUT2D eigenvalue weighted by Crippen LogP contribution is 2.52. The van der Waals surface area contributed by atoms with E-state index < -0.39 is 5.60 Å². The van der Waals surface area contributed by atoms with Gasteiger partial charge in [-0.3, -0.25) is 0 Å². The number of hydrogen-bond acceptors (Lipinski definition) is 2. The molecule has 0 aliphatic carbocycles. The SMILES string of the molecule is Cc1cccc(C)c1C1(O)CC2CCC(C1)S2. The van der Waals surface area contributed by atoms with Crippen LogP contribution in [-0.4, -0.2) is 15.6 Å². The molecule has 0 amide bonds. The highest BCUT2D eigenvalue weighted by molar-refractivity contribution is 8.00. The standard InChI is InChI=1S/C15H20OS/c1-10-4-3-5-11(2)14(10)15(16)8-12-6-7-13(9-15)17-12/h3-5,12-13,16H,6-9H2,1-2H3. The van der Waals surface area contributed by atoms with Gasteiger partial charge in [0.2, 0.25) is 0 Å². The van der Waals surface area contributed by atoms with Crippen LogP contribution in [0.3, 0.4) is 0 Å². The van der Waals surface area contributed by atoms with Crippen LogP contribution >= 0.6 is 11.8 Å². The number of benzene rings is 1. The molecule has 0 radical (unpaired) electrons. The van der Waals surface area contributed by atoms with Gasteiger partial charge in [0.25, 0.3) is 0 Å². The zero-order valence-corrected chi connectivity index (χ0v) is 11.4. The summed E-state index contributed by atoms with van der Waals surface area (Å²) in [5.74, 6) is 0. The van der Waals surface area contributed by atoms with Gasteiger partial charge in [0.15, 0.2) is 0 Å². The van der Waals surface area contributed by atoms with E-state index >= 15 is 0 Å². The summed E-state index contributed by atoms with van der Waals surface area (Å²) < 4.78 is 0. The molecule has 2 fully saturated rings. The average Bonchev–Trinajstić information content (AvgIpc) is 2.58. The third-order valence-corrected chi connectivity index (χ3v) is 5.85. The van der Waals surface area contributed by atoms with E-state index in [0.29, 0.717) is 10.5 Å². The molecule has 2 atom stereocenters. The second-order valence-electron chi connectivity index (χ2n) is 5.66. The predicted octanol–water partition coefficient (Wildman–Crippen LogP) is 3.55. The van der Waals surface area contributed by atoms with E-state index in [0.717, 1.165) is 12.8 Å². The Bertz CT molecular complexity index is 408. The molecule has 1 nitrogen and oxygen atoms in total. The van der Waals surface area contributed by atoms with Crippen molar-refractivity contribution in [3.05, 3.63) is 34.9 Å². The lowest BCUT2D eigenvalue weighted by atomic mass is 9.81. The molecule has 0 spiro atoms. The Morgan fingerprint density at radius 2 is 1.65 bits per heavy atom. The zero-order valence-electron chi connectivity index (χ0n) is 10.6. The van der Waals surface area contributed by atoms with Crippen molar-refractivity contribution in [1.29, 1.82) is 0 Å². The number of thioether (sulfide) groups is 1. The minimum Gasteiger partial charge on any atom is -0.385 e. The minimum absolute atomic E-state index is 0.563. The molecule has 2 bridgehead atoms. The summed E-state index contributed by atoms with van der Waals surface area (Å²) in [6.07, 6.45) is 4.48. The molecule has 17 heavy (non-hydrogen) atoms. The highest BCUT2D eigenvalue weighted by Gasteiger charge is 2.45. The topological polar surface area (TPSA) is 20.2 Å². The van der Waals surface area contributed by atoms with Gasteiger partial charge in [-0.15, -0.1) is 0 Å². The Kier molecular flexibility index (Phi) is 2.75. The van der Waals surface area contributed by atoms with E-state index in [1.54, 1.807) is 0 Å². The zero-order chi connectivity index (χ0) is 12.0. The van der Waals surface area contributed by atoms with Crippen molar-refractivity contribution in [2.24, 2.45) is 0 Å². The van der Waals surface area contributed by atoms with E-state index in [-0.39, 0.29) is 0 Å². The molecule has 1 aromatic carbocycles. The first-order valence-corrected chi connectivity index (χ1v) is 7.47. The van der Waals surface area contributed by atoms with Crippen molar-refractivity contribution in [3.8, 4) is 0 Å². The van der Waals surface area contributed by atoms with Crippen LogP contribution in [0.5, 0.6) is 0 Å². The first-order chi connectivity index (χ1) is 8.08. The molecular weight excluding hydrogens is 228 g/mol. The van der Waals surface area contributed by atoms with Crippen LogP contribution in [-0.2, 0) is 5.60 Å². The molecule has 2 aliphatic heterocycles. The van der Waals surface area contributed by atoms with E-state index in [1.165, 1.54) is 29.5 Å². The van der Waals surface area contributed by atoms with Crippen LogP contribution < -0.4 is 0 Å². The van der Waals surface area contributed by atoms with E-state index in [2.05, 4.69) is 43.8 Å². The molecule has 2 heterocycles. The maximum Gasteiger partial charge on any atom is 0.0922 e. The molecule has 0 saturated carbocycles. The van der Waals surface area contributed by atoms with E-state index in [4.69, 9.17) is 0 Å². The lowest BCUT2D eigenvalue weighted by molar-refractivity contribution is 0.0184. The number of fused-ring (bicyclic) bond motifs is 2. The maximum absolute atomic E-state index is 11.1. The Hall–Kier alpha value is -0.470. The quantitative estimate of drug-likeness (QED) is 0.820. The van der Waals surface area contributed by atoms with Crippen molar-refractivity contribution in [2.75, 3.05) is 0 Å². The normalized spacial score (nSPS) is 36.2. The van der Waals surface area contributed by atoms with Gasteiger partial charge in [0.05, 0.1) is 5.60 Å². The van der Waals surface area contributed by atoms with Crippen LogP contribution in [0.2, 0.25) is 0 Å². The molecule has 2 aliphatic rings. The molecular formula is C15H20OS. The van der Waals surface area contributed by atoms with Crippen molar-refractivity contribution in [3.63, 3.8) is 0 Å². The number of rotatable bonds is 1. The summed E-state index contributed by atoms with van der Waals surface area (Å²) in [7, 11) is 0. The summed E-state index contributed by atoms with van der Waals surface area (Å²) in [5.41, 5.74) is 3.14. The van der Waals surface area contributed by atoms with Gasteiger partial charge in [-0.05, 0) is 56.2 Å². The summed E-state index contributed by atoms with van der Waals surface area (Å²) in [5, 5.41) is 12.4. The molecule has 2 saturated heterocycles. The smallest absolute Gasteiger partial charge is 0.0922 e. The Balaban J connectivity index is 2.02. The second kappa shape index (κ2) is 4.03. The first-order valence-electron chi connectivity index (χ1n) is 6.53. The fourth-order valence-electron chi connectivity index (χ4n) is 3.67. The minimum atomic E-state index is -0.563. The molecule has 3 rings (SSSR count). The Morgan fingerprint density at radius 1 is 1.12 bits per heavy atom. The van der Waals surface area contributed by atoms with Crippen molar-refractivity contribution >= 4 is 11.8 Å². The van der Waals surface area contributed by atoms with Crippen molar-refractivity contribution in [2.45, 2.75) is 55.6 Å². The average molecular weight is 248 g/mol. The largest absolute Gasteiger partial charge is 0.385 e. The Labute approximate surface area is 108 Å². The van der Waals surface area contributed by atoms with Crippen LogP contribution in [0.25, 0.3) is 0 Å². The highest BCUT2D eigenvalue weighted by atomic mass is 32.2. The van der Waals surface area contributed by atoms with Crippen LogP contribution in [0.15, 0.2) is 18.2 Å². The van der Waals surface area contributed by atoms with Gasteiger partial charge in [0.1, 0.15) is 0 Å². The van der Waals surface area contributed by atoms with Gasteiger partial charge in [0, 0.05) is 10.5 Å².